The minimum Gasteiger partial charge on any atom is -0.478 e. The lowest BCUT2D eigenvalue weighted by Crippen LogP contribution is -2.44. The van der Waals surface area contributed by atoms with Crippen LogP contribution in [0.1, 0.15) is 41.6 Å². The summed E-state index contributed by atoms with van der Waals surface area (Å²) in [4.78, 5) is 13.6. The molecule has 20 heavy (non-hydrogen) atoms. The number of hydrogen-bond acceptors (Lipinski definition) is 4. The van der Waals surface area contributed by atoms with Crippen molar-refractivity contribution in [3.8, 4) is 0 Å². The number of benzene rings is 1. The number of nitrogen functional groups attached to an aromatic ring is 1. The van der Waals surface area contributed by atoms with Crippen molar-refractivity contribution in [1.82, 2.24) is 0 Å². The highest BCUT2D eigenvalue weighted by Gasteiger charge is 2.40. The van der Waals surface area contributed by atoms with Crippen LogP contribution in [0, 0.1) is 6.92 Å². The van der Waals surface area contributed by atoms with Crippen LogP contribution in [0.15, 0.2) is 12.1 Å². The fourth-order valence-corrected chi connectivity index (χ4v) is 3.68. The lowest BCUT2D eigenvalue weighted by atomic mass is 9.97. The average molecular weight is 276 g/mol. The van der Waals surface area contributed by atoms with Gasteiger partial charge in [-0.15, -0.1) is 0 Å². The maximum Gasteiger partial charge on any atom is 0.337 e. The zero-order chi connectivity index (χ0) is 14.4. The van der Waals surface area contributed by atoms with E-state index >= 15 is 0 Å². The maximum atomic E-state index is 11.3. The molecule has 108 valence electrons. The largest absolute Gasteiger partial charge is 0.478 e. The van der Waals surface area contributed by atoms with Crippen LogP contribution in [0.5, 0.6) is 0 Å². The smallest absolute Gasteiger partial charge is 0.337 e. The number of aliphatic hydroxyl groups is 1. The monoisotopic (exact) mass is 276 g/mol. The molecule has 0 saturated carbocycles. The van der Waals surface area contributed by atoms with Crippen molar-refractivity contribution in [2.24, 2.45) is 0 Å². The van der Waals surface area contributed by atoms with Gasteiger partial charge in [-0.3, -0.25) is 0 Å². The number of nitrogens with zero attached hydrogens (tertiary/aromatic N) is 1. The molecule has 1 aromatic rings. The minimum absolute atomic E-state index is 0.172. The highest BCUT2D eigenvalue weighted by atomic mass is 16.4. The number of anilines is 2. The first-order valence-corrected chi connectivity index (χ1v) is 7.07. The Bertz CT molecular complexity index is 544. The van der Waals surface area contributed by atoms with Crippen molar-refractivity contribution in [2.45, 2.75) is 50.8 Å². The van der Waals surface area contributed by atoms with Gasteiger partial charge in [0.2, 0.25) is 0 Å². The number of fused-ring (bicyclic) bond motifs is 2. The maximum absolute atomic E-state index is 11.3. The van der Waals surface area contributed by atoms with E-state index in [2.05, 4.69) is 4.90 Å². The lowest BCUT2D eigenvalue weighted by molar-refractivity contribution is 0.0697. The Kier molecular flexibility index (Phi) is 3.09. The van der Waals surface area contributed by atoms with Gasteiger partial charge in [0, 0.05) is 23.5 Å². The molecule has 4 N–H and O–H groups in total. The Hall–Kier alpha value is -1.75. The van der Waals surface area contributed by atoms with Crippen LogP contribution in [0.25, 0.3) is 0 Å². The molecule has 0 amide bonds. The molecule has 5 nitrogen and oxygen atoms in total. The van der Waals surface area contributed by atoms with Gasteiger partial charge in [-0.05, 0) is 50.3 Å². The second kappa shape index (κ2) is 4.66. The first kappa shape index (κ1) is 13.2. The molecule has 2 atom stereocenters. The molecule has 2 fully saturated rings. The molecule has 1 aromatic carbocycles. The van der Waals surface area contributed by atoms with Crippen molar-refractivity contribution in [3.05, 3.63) is 23.3 Å². The molecule has 5 heteroatoms. The highest BCUT2D eigenvalue weighted by molar-refractivity contribution is 5.96. The van der Waals surface area contributed by atoms with E-state index in [4.69, 9.17) is 5.73 Å². The predicted octanol–water partition coefficient (Wildman–Crippen LogP) is 1.77. The van der Waals surface area contributed by atoms with Gasteiger partial charge >= 0.3 is 5.97 Å². The molecule has 2 bridgehead atoms. The lowest BCUT2D eigenvalue weighted by Gasteiger charge is -2.39. The Labute approximate surface area is 118 Å². The van der Waals surface area contributed by atoms with Crippen LogP contribution in [-0.2, 0) is 0 Å². The summed E-state index contributed by atoms with van der Waals surface area (Å²) < 4.78 is 0. The van der Waals surface area contributed by atoms with Crippen molar-refractivity contribution < 1.29 is 15.0 Å². The van der Waals surface area contributed by atoms with Gasteiger partial charge in [-0.1, -0.05) is 0 Å². The summed E-state index contributed by atoms with van der Waals surface area (Å²) in [6, 6.07) is 4.26. The molecule has 2 aliphatic heterocycles. The Balaban J connectivity index is 2.01. The standard InChI is InChI=1S/C15H20N2O3/c1-8-4-11(7-13(14(8)16)15(19)20)17-9-2-3-10(17)6-12(18)5-9/h4,7,9-10,12,18H,2-3,5-6,16H2,1H3,(H,19,20). The first-order chi connectivity index (χ1) is 9.47. The van der Waals surface area contributed by atoms with Crippen molar-refractivity contribution >= 4 is 17.3 Å². The zero-order valence-corrected chi connectivity index (χ0v) is 11.5. The average Bonchev–Trinajstić information content (AvgIpc) is 2.64. The van der Waals surface area contributed by atoms with Crippen LogP contribution in [0.3, 0.4) is 0 Å². The molecule has 0 radical (unpaired) electrons. The van der Waals surface area contributed by atoms with Crippen LogP contribution in [0.4, 0.5) is 11.4 Å². The third kappa shape index (κ3) is 2.02. The highest BCUT2D eigenvalue weighted by Crippen LogP contribution is 2.40. The van der Waals surface area contributed by atoms with Crippen LogP contribution < -0.4 is 10.6 Å². The molecule has 2 heterocycles. The van der Waals surface area contributed by atoms with Crippen LogP contribution in [-0.4, -0.2) is 34.4 Å². The molecular formula is C15H20N2O3. The Morgan fingerprint density at radius 3 is 2.45 bits per heavy atom. The van der Waals surface area contributed by atoms with E-state index in [9.17, 15) is 15.0 Å². The molecule has 2 saturated heterocycles. The molecule has 0 spiro atoms. The van der Waals surface area contributed by atoms with E-state index in [1.165, 1.54) is 0 Å². The SMILES string of the molecule is Cc1cc(N2C3CCC2CC(O)C3)cc(C(=O)O)c1N. The first-order valence-electron chi connectivity index (χ1n) is 7.07. The zero-order valence-electron chi connectivity index (χ0n) is 11.5. The Morgan fingerprint density at radius 2 is 1.90 bits per heavy atom. The minimum atomic E-state index is -0.989. The number of rotatable bonds is 2. The van der Waals surface area contributed by atoms with Gasteiger partial charge in [-0.2, -0.15) is 0 Å². The summed E-state index contributed by atoms with van der Waals surface area (Å²) in [5.74, 6) is -0.989. The number of nitrogens with two attached hydrogens (primary N) is 1. The molecule has 2 unspecified atom stereocenters. The van der Waals surface area contributed by atoms with E-state index < -0.39 is 5.97 Å². The fraction of sp³-hybridized carbons (Fsp3) is 0.533. The molecular weight excluding hydrogens is 256 g/mol. The topological polar surface area (TPSA) is 86.8 Å². The fourth-order valence-electron chi connectivity index (χ4n) is 3.68. The normalized spacial score (nSPS) is 28.7. The Morgan fingerprint density at radius 1 is 1.30 bits per heavy atom. The van der Waals surface area contributed by atoms with E-state index in [-0.39, 0.29) is 11.7 Å². The van der Waals surface area contributed by atoms with Crippen molar-refractivity contribution in [1.29, 1.82) is 0 Å². The van der Waals surface area contributed by atoms with Gasteiger partial charge in [0.1, 0.15) is 0 Å². The summed E-state index contributed by atoms with van der Waals surface area (Å²) in [6.45, 7) is 1.84. The summed E-state index contributed by atoms with van der Waals surface area (Å²) >= 11 is 0. The third-order valence-electron chi connectivity index (χ3n) is 4.61. The second-order valence-electron chi connectivity index (χ2n) is 5.95. The van der Waals surface area contributed by atoms with E-state index in [0.29, 0.717) is 17.8 Å². The number of hydrogen-bond donors (Lipinski definition) is 3. The number of carboxylic acids is 1. The van der Waals surface area contributed by atoms with Gasteiger partial charge in [-0.25, -0.2) is 4.79 Å². The summed E-state index contributed by atoms with van der Waals surface area (Å²) in [5, 5.41) is 19.1. The van der Waals surface area contributed by atoms with Gasteiger partial charge in [0.05, 0.1) is 11.7 Å². The summed E-state index contributed by atoms with van der Waals surface area (Å²) in [7, 11) is 0. The number of piperidine rings is 1. The van der Waals surface area contributed by atoms with E-state index in [0.717, 1.165) is 36.9 Å². The van der Waals surface area contributed by atoms with Crippen molar-refractivity contribution in [2.75, 3.05) is 10.6 Å². The predicted molar refractivity (Wildman–Crippen MR) is 77.1 cm³/mol. The molecule has 2 aliphatic rings. The van der Waals surface area contributed by atoms with Gasteiger partial charge in [0.15, 0.2) is 0 Å². The van der Waals surface area contributed by atoms with E-state index in [1.807, 2.05) is 13.0 Å². The number of carbonyl (C=O) groups is 1. The van der Waals surface area contributed by atoms with Gasteiger partial charge in [0.25, 0.3) is 0 Å². The molecule has 0 aliphatic carbocycles. The number of aromatic carboxylic acids is 1. The second-order valence-corrected chi connectivity index (χ2v) is 5.95. The molecule has 0 aromatic heterocycles. The quantitative estimate of drug-likeness (QED) is 0.717. The van der Waals surface area contributed by atoms with Crippen LogP contribution in [0.2, 0.25) is 0 Å². The van der Waals surface area contributed by atoms with Gasteiger partial charge < -0.3 is 20.8 Å². The van der Waals surface area contributed by atoms with E-state index in [1.54, 1.807) is 6.07 Å². The number of aryl methyl sites for hydroxylation is 1. The number of aliphatic hydroxyl groups excluding tert-OH is 1. The van der Waals surface area contributed by atoms with Crippen molar-refractivity contribution in [3.63, 3.8) is 0 Å². The summed E-state index contributed by atoms with van der Waals surface area (Å²) in [5.41, 5.74) is 8.08. The molecule has 3 rings (SSSR count). The third-order valence-corrected chi connectivity index (χ3v) is 4.61. The summed E-state index contributed by atoms with van der Waals surface area (Å²) in [6.07, 6.45) is 3.43. The number of carboxylic acid groups (broad SMARTS) is 1. The van der Waals surface area contributed by atoms with Crippen LogP contribution >= 0.6 is 0 Å².